The van der Waals surface area contributed by atoms with Crippen LogP contribution < -0.4 is 9.47 Å². The van der Waals surface area contributed by atoms with Crippen molar-refractivity contribution in [1.29, 1.82) is 5.26 Å². The molecule has 5 rings (SSSR count). The predicted octanol–water partition coefficient (Wildman–Crippen LogP) is 4.08. The highest BCUT2D eigenvalue weighted by atomic mass is 32.1. The van der Waals surface area contributed by atoms with E-state index >= 15 is 0 Å². The molecule has 0 radical (unpaired) electrons. The smallest absolute Gasteiger partial charge is 0.328 e. The first-order valence-electron chi connectivity index (χ1n) is 13.4. The lowest BCUT2D eigenvalue weighted by Crippen LogP contribution is -2.41. The number of carbonyl (C=O) groups excluding carboxylic acids is 4. The summed E-state index contributed by atoms with van der Waals surface area (Å²) in [6.07, 6.45) is 0. The van der Waals surface area contributed by atoms with Crippen LogP contribution in [-0.4, -0.2) is 71.8 Å². The molecular weight excluding hydrogens is 592 g/mol. The molecule has 2 aromatic carbocycles. The fourth-order valence-electron chi connectivity index (χ4n) is 5.98. The van der Waals surface area contributed by atoms with Gasteiger partial charge in [-0.3, -0.25) is 29.4 Å². The molecule has 0 N–H and O–H groups in total. The first-order chi connectivity index (χ1) is 21.2. The second-order valence-electron chi connectivity index (χ2n) is 9.96. The number of esters is 1. The summed E-state index contributed by atoms with van der Waals surface area (Å²) in [5, 5.41) is 23.5. The quantitative estimate of drug-likeness (QED) is 0.106. The molecule has 2 saturated heterocycles. The van der Waals surface area contributed by atoms with Gasteiger partial charge in [-0.1, -0.05) is 18.2 Å². The van der Waals surface area contributed by atoms with Crippen molar-refractivity contribution in [2.24, 2.45) is 5.92 Å². The summed E-state index contributed by atoms with van der Waals surface area (Å²) >= 11 is 1.16. The number of urea groups is 1. The number of ketones is 1. The Morgan fingerprint density at radius 2 is 1.75 bits per heavy atom. The molecule has 3 aromatic rings. The number of hydrogen-bond donors (Lipinski definition) is 0. The number of amides is 3. The summed E-state index contributed by atoms with van der Waals surface area (Å²) in [5.41, 5.74) is 0.274. The van der Waals surface area contributed by atoms with Gasteiger partial charge < -0.3 is 19.1 Å². The van der Waals surface area contributed by atoms with Gasteiger partial charge in [-0.2, -0.15) is 5.26 Å². The van der Waals surface area contributed by atoms with E-state index in [1.54, 1.807) is 36.6 Å². The monoisotopic (exact) mass is 618 g/mol. The highest BCUT2D eigenvalue weighted by molar-refractivity contribution is 7.12. The predicted molar refractivity (Wildman–Crippen MR) is 154 cm³/mol. The van der Waals surface area contributed by atoms with Gasteiger partial charge in [0, 0.05) is 5.92 Å². The second-order valence-corrected chi connectivity index (χ2v) is 10.9. The standard InChI is InChI=1S/C30H26N4O9S/c1-4-43-23(35)15-32-29(37)27-24(17-9-7-16(14-31)8-10-17)25(28(36)22-6-5-11-44-22)26(33(27)30(32)38)18-12-20(41-2)21(42-3)13-19(18)34(39)40/h5-13,24-27H,4,15H2,1-3H3. The molecule has 14 heteroatoms. The Kier molecular flexibility index (Phi) is 8.32. The molecule has 3 amide bonds. The van der Waals surface area contributed by atoms with Gasteiger partial charge in [-0.15, -0.1) is 11.3 Å². The maximum atomic E-state index is 14.3. The third-order valence-corrected chi connectivity index (χ3v) is 8.65. The zero-order valence-electron chi connectivity index (χ0n) is 23.8. The molecule has 0 saturated carbocycles. The molecule has 4 unspecified atom stereocenters. The van der Waals surface area contributed by atoms with Crippen LogP contribution in [0.15, 0.2) is 53.9 Å². The van der Waals surface area contributed by atoms with E-state index in [1.165, 1.54) is 32.4 Å². The molecule has 13 nitrogen and oxygen atoms in total. The highest BCUT2D eigenvalue weighted by Gasteiger charge is 2.64. The molecule has 4 atom stereocenters. The average Bonchev–Trinajstić information content (AvgIpc) is 3.74. The summed E-state index contributed by atoms with van der Waals surface area (Å²) in [4.78, 5) is 68.9. The van der Waals surface area contributed by atoms with Crippen LogP contribution in [0.4, 0.5) is 10.5 Å². The summed E-state index contributed by atoms with van der Waals surface area (Å²) in [6.45, 7) is 0.925. The largest absolute Gasteiger partial charge is 0.493 e. The maximum absolute atomic E-state index is 14.3. The summed E-state index contributed by atoms with van der Waals surface area (Å²) in [7, 11) is 2.65. The minimum Gasteiger partial charge on any atom is -0.493 e. The molecule has 1 aromatic heterocycles. The van der Waals surface area contributed by atoms with Gasteiger partial charge in [-0.25, -0.2) is 4.79 Å². The Morgan fingerprint density at radius 3 is 2.32 bits per heavy atom. The average molecular weight is 619 g/mol. The van der Waals surface area contributed by atoms with E-state index in [2.05, 4.69) is 0 Å². The van der Waals surface area contributed by atoms with Crippen LogP contribution >= 0.6 is 11.3 Å². The molecule has 2 aliphatic heterocycles. The van der Waals surface area contributed by atoms with Crippen LogP contribution in [0.3, 0.4) is 0 Å². The summed E-state index contributed by atoms with van der Waals surface area (Å²) < 4.78 is 15.7. The van der Waals surface area contributed by atoms with E-state index in [1.807, 2.05) is 6.07 Å². The second kappa shape index (κ2) is 12.1. The molecule has 226 valence electrons. The Hall–Kier alpha value is -5.29. The zero-order valence-corrected chi connectivity index (χ0v) is 24.6. The lowest BCUT2D eigenvalue weighted by Gasteiger charge is -2.28. The number of hydrogen-bond acceptors (Lipinski definition) is 11. The fraction of sp³-hybridized carbons (Fsp3) is 0.300. The number of benzene rings is 2. The molecule has 0 bridgehead atoms. The molecule has 0 aliphatic carbocycles. The van der Waals surface area contributed by atoms with E-state index in [0.717, 1.165) is 27.2 Å². The van der Waals surface area contributed by atoms with Gasteiger partial charge in [0.2, 0.25) is 0 Å². The molecule has 2 aliphatic rings. The van der Waals surface area contributed by atoms with Gasteiger partial charge in [0.1, 0.15) is 12.6 Å². The number of nitriles is 1. The van der Waals surface area contributed by atoms with Crippen LogP contribution in [0.2, 0.25) is 0 Å². The number of rotatable bonds is 10. The van der Waals surface area contributed by atoms with Crippen LogP contribution in [-0.2, 0) is 14.3 Å². The first kappa shape index (κ1) is 30.2. The molecule has 2 fully saturated rings. The topological polar surface area (TPSA) is 169 Å². The van der Waals surface area contributed by atoms with Crippen molar-refractivity contribution in [1.82, 2.24) is 9.80 Å². The highest BCUT2D eigenvalue weighted by Crippen LogP contribution is 2.56. The van der Waals surface area contributed by atoms with Gasteiger partial charge in [0.15, 0.2) is 17.3 Å². The number of nitro groups is 1. The number of thiophene rings is 1. The number of nitrogens with zero attached hydrogens (tertiary/aromatic N) is 4. The van der Waals surface area contributed by atoms with E-state index in [9.17, 15) is 34.6 Å². The lowest BCUT2D eigenvalue weighted by molar-refractivity contribution is -0.386. The number of fused-ring (bicyclic) bond motifs is 1. The molecular formula is C30H26N4O9S. The van der Waals surface area contributed by atoms with Crippen LogP contribution in [0.5, 0.6) is 11.5 Å². The van der Waals surface area contributed by atoms with Crippen molar-refractivity contribution in [2.45, 2.75) is 24.9 Å². The minimum absolute atomic E-state index is 0.0217. The van der Waals surface area contributed by atoms with Gasteiger partial charge in [-0.05, 0) is 42.1 Å². The third-order valence-electron chi connectivity index (χ3n) is 7.77. The van der Waals surface area contributed by atoms with Crippen LogP contribution in [0.25, 0.3) is 0 Å². The van der Waals surface area contributed by atoms with Crippen molar-refractivity contribution in [3.05, 3.63) is 85.6 Å². The third kappa shape index (κ3) is 5.01. The summed E-state index contributed by atoms with van der Waals surface area (Å²) in [5.74, 6) is -4.03. The van der Waals surface area contributed by atoms with Gasteiger partial charge >= 0.3 is 12.0 Å². The Balaban J connectivity index is 1.79. The number of nitro benzene ring substituents is 1. The van der Waals surface area contributed by atoms with Crippen LogP contribution in [0.1, 0.15) is 45.2 Å². The van der Waals surface area contributed by atoms with Crippen molar-refractivity contribution in [2.75, 3.05) is 27.4 Å². The van der Waals surface area contributed by atoms with E-state index in [-0.39, 0.29) is 23.7 Å². The van der Waals surface area contributed by atoms with Crippen molar-refractivity contribution in [3.8, 4) is 17.6 Å². The maximum Gasteiger partial charge on any atom is 0.328 e. The Bertz CT molecular complexity index is 1680. The fourth-order valence-corrected chi connectivity index (χ4v) is 6.69. The van der Waals surface area contributed by atoms with E-state index in [4.69, 9.17) is 14.2 Å². The Morgan fingerprint density at radius 1 is 1.07 bits per heavy atom. The number of imide groups is 1. The number of Topliss-reactive ketones (excluding diaryl/α,β-unsaturated/α-hetero) is 1. The number of carbonyl (C=O) groups is 4. The van der Waals surface area contributed by atoms with Crippen molar-refractivity contribution < 1.29 is 38.3 Å². The van der Waals surface area contributed by atoms with Crippen molar-refractivity contribution >= 4 is 40.7 Å². The van der Waals surface area contributed by atoms with Gasteiger partial charge in [0.25, 0.3) is 11.6 Å². The zero-order chi connectivity index (χ0) is 31.7. The molecule has 3 heterocycles. The van der Waals surface area contributed by atoms with Gasteiger partial charge in [0.05, 0.1) is 65.8 Å². The molecule has 44 heavy (non-hydrogen) atoms. The van der Waals surface area contributed by atoms with E-state index in [0.29, 0.717) is 16.0 Å². The number of ether oxygens (including phenoxy) is 3. The van der Waals surface area contributed by atoms with Crippen molar-refractivity contribution in [3.63, 3.8) is 0 Å². The number of methoxy groups -OCH3 is 2. The SMILES string of the molecule is CCOC(=O)CN1C(=O)C2C(c3ccc(C#N)cc3)C(C(=O)c3cccs3)C(c3cc(OC)c(OC)cc3[N+](=O)[O-])N2C1=O. The molecule has 0 spiro atoms. The Labute approximate surface area is 255 Å². The van der Waals surface area contributed by atoms with Crippen LogP contribution in [0, 0.1) is 27.4 Å². The minimum atomic E-state index is -1.33. The first-order valence-corrected chi connectivity index (χ1v) is 14.3. The van der Waals surface area contributed by atoms with E-state index < -0.39 is 64.8 Å². The summed E-state index contributed by atoms with van der Waals surface area (Å²) in [6, 6.07) is 10.5. The lowest BCUT2D eigenvalue weighted by atomic mass is 9.76. The normalized spacial score (nSPS) is 20.7.